The van der Waals surface area contributed by atoms with Crippen molar-refractivity contribution in [2.45, 2.75) is 31.6 Å². The lowest BCUT2D eigenvalue weighted by atomic mass is 10.00. The molecule has 0 fully saturated rings. The van der Waals surface area contributed by atoms with Crippen LogP contribution in [0.4, 0.5) is 8.78 Å². The molecule has 116 valence electrons. The Labute approximate surface area is 133 Å². The third-order valence-corrected chi connectivity index (χ3v) is 4.32. The first kappa shape index (κ1) is 16.7. The predicted octanol–water partition coefficient (Wildman–Crippen LogP) is 5.78. The fraction of sp³-hybridized carbons (Fsp3) is 0.278. The Morgan fingerprint density at radius 1 is 1.09 bits per heavy atom. The summed E-state index contributed by atoms with van der Waals surface area (Å²) in [6, 6.07) is 11.9. The van der Waals surface area contributed by atoms with E-state index in [0.29, 0.717) is 5.56 Å². The first-order chi connectivity index (χ1) is 10.3. The summed E-state index contributed by atoms with van der Waals surface area (Å²) in [5.41, 5.74) is 2.49. The van der Waals surface area contributed by atoms with Crippen molar-refractivity contribution in [3.05, 3.63) is 53.6 Å². The molecular weight excluding hydrogens is 302 g/mol. The van der Waals surface area contributed by atoms with Crippen LogP contribution < -0.4 is 0 Å². The zero-order chi connectivity index (χ0) is 16.3. The standard InChI is InChI=1S/C18H18F2OS/c1-4-22-17-11-14(7-10-16(17)12(2)21)13-5-8-15(9-6-13)18(3,19)20/h5-11H,4H2,1-3H3. The summed E-state index contributed by atoms with van der Waals surface area (Å²) in [7, 11) is 0. The molecule has 0 atom stereocenters. The van der Waals surface area contributed by atoms with E-state index < -0.39 is 5.92 Å². The highest BCUT2D eigenvalue weighted by Crippen LogP contribution is 2.32. The summed E-state index contributed by atoms with van der Waals surface area (Å²) < 4.78 is 26.5. The minimum Gasteiger partial charge on any atom is -0.294 e. The van der Waals surface area contributed by atoms with Gasteiger partial charge in [0.05, 0.1) is 0 Å². The number of thioether (sulfide) groups is 1. The largest absolute Gasteiger partial charge is 0.294 e. The average Bonchev–Trinajstić information content (AvgIpc) is 2.46. The predicted molar refractivity (Wildman–Crippen MR) is 87.8 cm³/mol. The van der Waals surface area contributed by atoms with Gasteiger partial charge < -0.3 is 0 Å². The molecule has 2 aromatic rings. The highest BCUT2D eigenvalue weighted by atomic mass is 32.2. The zero-order valence-electron chi connectivity index (χ0n) is 12.8. The van der Waals surface area contributed by atoms with Gasteiger partial charge in [0.2, 0.25) is 0 Å². The highest BCUT2D eigenvalue weighted by Gasteiger charge is 2.23. The first-order valence-corrected chi connectivity index (χ1v) is 8.08. The molecule has 0 aliphatic heterocycles. The summed E-state index contributed by atoms with van der Waals surface area (Å²) in [6.07, 6.45) is 0. The molecule has 0 aliphatic carbocycles. The molecule has 2 rings (SSSR count). The quantitative estimate of drug-likeness (QED) is 0.513. The molecule has 0 N–H and O–H groups in total. The molecule has 0 aromatic heterocycles. The van der Waals surface area contributed by atoms with Gasteiger partial charge in [0.25, 0.3) is 5.92 Å². The van der Waals surface area contributed by atoms with Gasteiger partial charge in [0.15, 0.2) is 5.78 Å². The van der Waals surface area contributed by atoms with E-state index in [0.717, 1.165) is 28.7 Å². The Kier molecular flexibility index (Phi) is 5.01. The van der Waals surface area contributed by atoms with Crippen molar-refractivity contribution in [2.75, 3.05) is 5.75 Å². The van der Waals surface area contributed by atoms with E-state index in [2.05, 4.69) is 0 Å². The summed E-state index contributed by atoms with van der Waals surface area (Å²) >= 11 is 1.61. The number of ketones is 1. The van der Waals surface area contributed by atoms with Crippen molar-refractivity contribution in [2.24, 2.45) is 0 Å². The second kappa shape index (κ2) is 6.61. The molecule has 0 radical (unpaired) electrons. The molecule has 4 heteroatoms. The summed E-state index contributed by atoms with van der Waals surface area (Å²) in [4.78, 5) is 12.6. The fourth-order valence-corrected chi connectivity index (χ4v) is 3.11. The third kappa shape index (κ3) is 3.74. The van der Waals surface area contributed by atoms with Crippen molar-refractivity contribution in [3.8, 4) is 11.1 Å². The molecule has 0 aliphatic rings. The summed E-state index contributed by atoms with van der Waals surface area (Å²) in [5, 5.41) is 0. The molecule has 0 bridgehead atoms. The van der Waals surface area contributed by atoms with Gasteiger partial charge >= 0.3 is 0 Å². The number of Topliss-reactive ketones (excluding diaryl/α,β-unsaturated/α-hetero) is 1. The maximum atomic E-state index is 13.3. The van der Waals surface area contributed by atoms with Gasteiger partial charge in [-0.05, 0) is 35.9 Å². The minimum atomic E-state index is -2.83. The number of rotatable bonds is 5. The van der Waals surface area contributed by atoms with Crippen LogP contribution in [-0.2, 0) is 5.92 Å². The number of hydrogen-bond acceptors (Lipinski definition) is 2. The van der Waals surface area contributed by atoms with Gasteiger partial charge in [0, 0.05) is 22.9 Å². The van der Waals surface area contributed by atoms with Gasteiger partial charge in [-0.2, -0.15) is 0 Å². The summed E-state index contributed by atoms with van der Waals surface area (Å²) in [5.74, 6) is -1.94. The third-order valence-electron chi connectivity index (χ3n) is 3.39. The van der Waals surface area contributed by atoms with E-state index >= 15 is 0 Å². The number of benzene rings is 2. The van der Waals surface area contributed by atoms with E-state index in [9.17, 15) is 13.6 Å². The van der Waals surface area contributed by atoms with Gasteiger partial charge in [-0.1, -0.05) is 37.3 Å². The zero-order valence-corrected chi connectivity index (χ0v) is 13.6. The van der Waals surface area contributed by atoms with E-state index in [1.54, 1.807) is 36.9 Å². The van der Waals surface area contributed by atoms with Crippen molar-refractivity contribution in [1.82, 2.24) is 0 Å². The lowest BCUT2D eigenvalue weighted by Gasteiger charge is -2.12. The number of hydrogen-bond donors (Lipinski definition) is 0. The smallest absolute Gasteiger partial charge is 0.270 e. The Hall–Kier alpha value is -1.68. The van der Waals surface area contributed by atoms with Crippen molar-refractivity contribution in [3.63, 3.8) is 0 Å². The number of carbonyl (C=O) groups is 1. The number of alkyl halides is 2. The van der Waals surface area contributed by atoms with Crippen LogP contribution in [-0.4, -0.2) is 11.5 Å². The fourth-order valence-electron chi connectivity index (χ4n) is 2.22. The van der Waals surface area contributed by atoms with Gasteiger partial charge in [0.1, 0.15) is 0 Å². The van der Waals surface area contributed by atoms with Gasteiger partial charge in [-0.15, -0.1) is 11.8 Å². The molecule has 0 unspecified atom stereocenters. The average molecular weight is 320 g/mol. The number of carbonyl (C=O) groups excluding carboxylic acids is 1. The molecule has 1 nitrogen and oxygen atoms in total. The molecule has 0 amide bonds. The Morgan fingerprint density at radius 2 is 1.68 bits per heavy atom. The van der Waals surface area contributed by atoms with Crippen LogP contribution in [0.3, 0.4) is 0 Å². The van der Waals surface area contributed by atoms with Crippen LogP contribution >= 0.6 is 11.8 Å². The lowest BCUT2D eigenvalue weighted by Crippen LogP contribution is -2.06. The lowest BCUT2D eigenvalue weighted by molar-refractivity contribution is 0.0175. The molecule has 0 saturated heterocycles. The van der Waals surface area contributed by atoms with Crippen LogP contribution in [0.2, 0.25) is 0 Å². The first-order valence-electron chi connectivity index (χ1n) is 7.09. The van der Waals surface area contributed by atoms with E-state index in [-0.39, 0.29) is 11.3 Å². The van der Waals surface area contributed by atoms with Crippen molar-refractivity contribution >= 4 is 17.5 Å². The van der Waals surface area contributed by atoms with Crippen LogP contribution in [0, 0.1) is 0 Å². The maximum absolute atomic E-state index is 13.3. The monoisotopic (exact) mass is 320 g/mol. The Morgan fingerprint density at radius 3 is 2.18 bits per heavy atom. The normalized spacial score (nSPS) is 11.5. The van der Waals surface area contributed by atoms with Crippen LogP contribution in [0.1, 0.15) is 36.7 Å². The Bertz CT molecular complexity index is 672. The molecule has 2 aromatic carbocycles. The van der Waals surface area contributed by atoms with Crippen LogP contribution in [0.25, 0.3) is 11.1 Å². The SMILES string of the molecule is CCSc1cc(-c2ccc(C(C)(F)F)cc2)ccc1C(C)=O. The van der Waals surface area contributed by atoms with E-state index in [1.165, 1.54) is 12.1 Å². The van der Waals surface area contributed by atoms with E-state index in [4.69, 9.17) is 0 Å². The van der Waals surface area contributed by atoms with Crippen molar-refractivity contribution < 1.29 is 13.6 Å². The van der Waals surface area contributed by atoms with Crippen LogP contribution in [0.5, 0.6) is 0 Å². The van der Waals surface area contributed by atoms with Crippen LogP contribution in [0.15, 0.2) is 47.4 Å². The minimum absolute atomic E-state index is 0.000220. The molecule has 0 heterocycles. The topological polar surface area (TPSA) is 17.1 Å². The number of halogens is 2. The molecule has 0 spiro atoms. The maximum Gasteiger partial charge on any atom is 0.270 e. The van der Waals surface area contributed by atoms with E-state index in [1.807, 2.05) is 19.1 Å². The summed E-state index contributed by atoms with van der Waals surface area (Å²) in [6.45, 7) is 4.46. The van der Waals surface area contributed by atoms with Gasteiger partial charge in [-0.3, -0.25) is 4.79 Å². The second-order valence-electron chi connectivity index (χ2n) is 5.17. The molecule has 0 saturated carbocycles. The Balaban J connectivity index is 2.40. The van der Waals surface area contributed by atoms with Crippen molar-refractivity contribution in [1.29, 1.82) is 0 Å². The molecular formula is C18H18F2OS. The molecule has 22 heavy (non-hydrogen) atoms. The highest BCUT2D eigenvalue weighted by molar-refractivity contribution is 7.99. The van der Waals surface area contributed by atoms with Gasteiger partial charge in [-0.25, -0.2) is 8.78 Å². The second-order valence-corrected chi connectivity index (χ2v) is 6.47.